The van der Waals surface area contributed by atoms with Crippen molar-refractivity contribution in [3.05, 3.63) is 0 Å². The Balaban J connectivity index is 1.31. The molecule has 5 saturated carbocycles. The van der Waals surface area contributed by atoms with E-state index in [4.69, 9.17) is 9.47 Å². The first kappa shape index (κ1) is 23.9. The summed E-state index contributed by atoms with van der Waals surface area (Å²) < 4.78 is 13.6. The monoisotopic (exact) mass is 488 g/mol. The van der Waals surface area contributed by atoms with E-state index in [9.17, 15) is 15.3 Å². The molecule has 2 aliphatic heterocycles. The highest BCUT2D eigenvalue weighted by Gasteiger charge is 2.86. The molecule has 12 atom stereocenters. The smallest absolute Gasteiger partial charge is 0.197 e. The lowest BCUT2D eigenvalue weighted by atomic mass is 9.41. The van der Waals surface area contributed by atoms with E-state index in [1.54, 1.807) is 0 Å². The lowest BCUT2D eigenvalue weighted by Gasteiger charge is -2.65. The van der Waals surface area contributed by atoms with Gasteiger partial charge in [-0.3, -0.25) is 0 Å². The van der Waals surface area contributed by atoms with Crippen LogP contribution in [0.3, 0.4) is 0 Å². The minimum absolute atomic E-state index is 0.0275. The van der Waals surface area contributed by atoms with E-state index in [0.29, 0.717) is 5.92 Å². The highest BCUT2D eigenvalue weighted by atomic mass is 16.7. The van der Waals surface area contributed by atoms with Gasteiger partial charge in [0.15, 0.2) is 5.79 Å². The van der Waals surface area contributed by atoms with Gasteiger partial charge in [-0.05, 0) is 111 Å². The van der Waals surface area contributed by atoms with Crippen LogP contribution in [-0.4, -0.2) is 50.6 Å². The Hall–Kier alpha value is -0.200. The molecule has 2 bridgehead atoms. The summed E-state index contributed by atoms with van der Waals surface area (Å²) in [6.45, 7) is 15.4. The van der Waals surface area contributed by atoms with Crippen molar-refractivity contribution in [2.75, 3.05) is 0 Å². The first-order valence-electron chi connectivity index (χ1n) is 14.5. The van der Waals surface area contributed by atoms with E-state index in [-0.39, 0.29) is 62.8 Å². The van der Waals surface area contributed by atoms with Crippen LogP contribution in [0.5, 0.6) is 0 Å². The van der Waals surface area contributed by atoms with Crippen molar-refractivity contribution in [3.63, 3.8) is 0 Å². The van der Waals surface area contributed by atoms with Crippen LogP contribution in [0.15, 0.2) is 0 Å². The van der Waals surface area contributed by atoms with Crippen molar-refractivity contribution in [2.24, 2.45) is 44.8 Å². The predicted octanol–water partition coefficient (Wildman–Crippen LogP) is 4.80. The van der Waals surface area contributed by atoms with Gasteiger partial charge in [0.05, 0.1) is 23.9 Å². The van der Waals surface area contributed by atoms with E-state index in [1.807, 2.05) is 13.8 Å². The Kier molecular flexibility index (Phi) is 4.21. The SMILES string of the molecule is CC1(C)[C@@H](O)CC[C@]23C[C@]24CC[C@]2(C)[C@@H]5[C@H](C[C@@]2(C)[C@@H]4[C@@H](O)C[C@@H]13)O[C@]1(C(C)(C)O)CC[C@@]5(C)O1. The second-order valence-electron chi connectivity index (χ2n) is 16.1. The van der Waals surface area contributed by atoms with E-state index >= 15 is 0 Å². The van der Waals surface area contributed by atoms with Crippen LogP contribution >= 0.6 is 0 Å². The molecule has 3 N–H and O–H groups in total. The molecule has 2 heterocycles. The highest BCUT2D eigenvalue weighted by Crippen LogP contribution is 2.89. The number of aliphatic hydroxyl groups excluding tert-OH is 2. The van der Waals surface area contributed by atoms with Gasteiger partial charge in [-0.1, -0.05) is 27.7 Å². The number of rotatable bonds is 1. The van der Waals surface area contributed by atoms with Gasteiger partial charge in [-0.15, -0.1) is 0 Å². The molecule has 198 valence electrons. The zero-order valence-electron chi connectivity index (χ0n) is 23.0. The zero-order valence-corrected chi connectivity index (χ0v) is 23.0. The van der Waals surface area contributed by atoms with Crippen molar-refractivity contribution in [2.45, 2.75) is 142 Å². The third-order valence-corrected chi connectivity index (χ3v) is 14.3. The third-order valence-electron chi connectivity index (χ3n) is 14.3. The van der Waals surface area contributed by atoms with E-state index in [1.165, 1.54) is 12.8 Å². The minimum Gasteiger partial charge on any atom is -0.393 e. The number of fused-ring (bicyclic) bond motifs is 7. The maximum Gasteiger partial charge on any atom is 0.197 e. The summed E-state index contributed by atoms with van der Waals surface area (Å²) in [6.07, 6.45) is 8.45. The first-order valence-corrected chi connectivity index (χ1v) is 14.5. The molecule has 0 unspecified atom stereocenters. The molecule has 5 aliphatic carbocycles. The second-order valence-corrected chi connectivity index (χ2v) is 16.1. The molecule has 0 aromatic carbocycles. The average molecular weight is 489 g/mol. The topological polar surface area (TPSA) is 79.2 Å². The van der Waals surface area contributed by atoms with Crippen molar-refractivity contribution in [3.8, 4) is 0 Å². The van der Waals surface area contributed by atoms with Crippen LogP contribution in [0.1, 0.15) is 106 Å². The van der Waals surface area contributed by atoms with Gasteiger partial charge in [0.25, 0.3) is 0 Å². The number of aliphatic hydroxyl groups is 3. The molecule has 7 fully saturated rings. The molecule has 7 rings (SSSR count). The Morgan fingerprint density at radius 3 is 2.23 bits per heavy atom. The van der Waals surface area contributed by atoms with Gasteiger partial charge in [0, 0.05) is 12.3 Å². The number of hydrogen-bond acceptors (Lipinski definition) is 5. The lowest BCUT2D eigenvalue weighted by molar-refractivity contribution is -0.383. The molecule has 5 nitrogen and oxygen atoms in total. The molecule has 35 heavy (non-hydrogen) atoms. The molecular formula is C30H48O5. The number of hydrogen-bond donors (Lipinski definition) is 3. The van der Waals surface area contributed by atoms with E-state index < -0.39 is 11.4 Å². The Bertz CT molecular complexity index is 972. The van der Waals surface area contributed by atoms with Crippen molar-refractivity contribution in [1.29, 1.82) is 0 Å². The predicted molar refractivity (Wildman–Crippen MR) is 132 cm³/mol. The van der Waals surface area contributed by atoms with E-state index in [2.05, 4.69) is 34.6 Å². The van der Waals surface area contributed by atoms with Crippen molar-refractivity contribution < 1.29 is 24.8 Å². The molecule has 2 saturated heterocycles. The molecule has 7 aliphatic rings. The van der Waals surface area contributed by atoms with Gasteiger partial charge < -0.3 is 24.8 Å². The third kappa shape index (κ3) is 2.34. The maximum absolute atomic E-state index is 12.0. The summed E-state index contributed by atoms with van der Waals surface area (Å²) in [5, 5.41) is 34.0. The highest BCUT2D eigenvalue weighted by molar-refractivity contribution is 5.33. The van der Waals surface area contributed by atoms with E-state index in [0.717, 1.165) is 44.9 Å². The molecular weight excluding hydrogens is 440 g/mol. The van der Waals surface area contributed by atoms with Crippen LogP contribution in [0.25, 0.3) is 0 Å². The summed E-state index contributed by atoms with van der Waals surface area (Å²) in [5.41, 5.74) is -1.03. The summed E-state index contributed by atoms with van der Waals surface area (Å²) in [7, 11) is 0. The van der Waals surface area contributed by atoms with Crippen molar-refractivity contribution >= 4 is 0 Å². The van der Waals surface area contributed by atoms with Crippen molar-refractivity contribution in [1.82, 2.24) is 0 Å². The first-order chi connectivity index (χ1) is 16.0. The molecule has 0 aromatic rings. The average Bonchev–Trinajstić information content (AvgIpc) is 3.19. The minimum atomic E-state index is -1.06. The quantitative estimate of drug-likeness (QED) is 0.494. The summed E-state index contributed by atoms with van der Waals surface area (Å²) in [5.74, 6) is 0.0137. The number of ether oxygens (including phenoxy) is 2. The Labute approximate surface area is 211 Å². The van der Waals surface area contributed by atoms with Gasteiger partial charge in [-0.2, -0.15) is 0 Å². The lowest BCUT2D eigenvalue weighted by Crippen LogP contribution is -2.64. The summed E-state index contributed by atoms with van der Waals surface area (Å²) >= 11 is 0. The maximum atomic E-state index is 12.0. The van der Waals surface area contributed by atoms with Crippen LogP contribution in [-0.2, 0) is 9.47 Å². The van der Waals surface area contributed by atoms with Crippen LogP contribution in [0.2, 0.25) is 0 Å². The fourth-order valence-electron chi connectivity index (χ4n) is 12.6. The molecule has 0 aromatic heterocycles. The van der Waals surface area contributed by atoms with Gasteiger partial charge >= 0.3 is 0 Å². The molecule has 0 amide bonds. The normalized spacial score (nSPS) is 63.9. The van der Waals surface area contributed by atoms with Crippen LogP contribution < -0.4 is 0 Å². The second kappa shape index (κ2) is 6.17. The molecule has 5 heteroatoms. The summed E-state index contributed by atoms with van der Waals surface area (Å²) in [4.78, 5) is 0. The zero-order chi connectivity index (χ0) is 25.2. The van der Waals surface area contributed by atoms with Gasteiger partial charge in [0.2, 0.25) is 0 Å². The fourth-order valence-corrected chi connectivity index (χ4v) is 12.6. The standard InChI is InChI=1S/C30H48O5/c1-23(2)19-14-17(31)21-26(6)15-18-22(27(7)11-13-30(34-18,35-27)24(3,4)33)25(26,5)10-12-29(21)16-28(19,29)9-8-20(23)32/h17-22,31-33H,8-16H2,1-7H3/t17-,18-,19-,20-,21-,22-,25+,26-,27+,28+,29-,30+/m0/s1. The van der Waals surface area contributed by atoms with Crippen LogP contribution in [0, 0.1) is 44.8 Å². The van der Waals surface area contributed by atoms with Crippen LogP contribution in [0.4, 0.5) is 0 Å². The van der Waals surface area contributed by atoms with Gasteiger partial charge in [-0.25, -0.2) is 0 Å². The molecule has 0 radical (unpaired) electrons. The fraction of sp³-hybridized carbons (Fsp3) is 1.00. The molecule has 2 spiro atoms. The largest absolute Gasteiger partial charge is 0.393 e. The Morgan fingerprint density at radius 2 is 1.54 bits per heavy atom. The summed E-state index contributed by atoms with van der Waals surface area (Å²) in [6, 6.07) is 0. The Morgan fingerprint density at radius 1 is 0.829 bits per heavy atom. The van der Waals surface area contributed by atoms with Gasteiger partial charge in [0.1, 0.15) is 5.60 Å².